The standard InChI is InChI=1S/C17H20N4O7S/c1-5-28-17(24)13-10(3)12(16(23)27-4)15(29-13)19-14(22)9(2)7-20-8-11(6-18-20)21(25)26/h6,8-9H,5,7H2,1-4H3,(H,19,22). The highest BCUT2D eigenvalue weighted by Crippen LogP contribution is 2.34. The summed E-state index contributed by atoms with van der Waals surface area (Å²) in [7, 11) is 1.20. The molecule has 0 aliphatic carbocycles. The minimum atomic E-state index is -0.694. The molecular formula is C17H20N4O7S. The van der Waals surface area contributed by atoms with Crippen LogP contribution in [0.4, 0.5) is 10.7 Å². The number of methoxy groups -OCH3 is 1. The topological polar surface area (TPSA) is 143 Å². The first-order valence-electron chi connectivity index (χ1n) is 8.56. The predicted molar refractivity (Wildman–Crippen MR) is 103 cm³/mol. The van der Waals surface area contributed by atoms with Crippen LogP contribution in [0.2, 0.25) is 0 Å². The number of hydrogen-bond donors (Lipinski definition) is 1. The van der Waals surface area contributed by atoms with Gasteiger partial charge in [0.2, 0.25) is 5.91 Å². The average Bonchev–Trinajstić information content (AvgIpc) is 3.26. The Morgan fingerprint density at radius 2 is 2.07 bits per heavy atom. The van der Waals surface area contributed by atoms with Gasteiger partial charge in [0.05, 0.1) is 36.7 Å². The smallest absolute Gasteiger partial charge is 0.348 e. The van der Waals surface area contributed by atoms with Gasteiger partial charge in [-0.25, -0.2) is 9.59 Å². The molecule has 1 atom stereocenters. The first-order valence-corrected chi connectivity index (χ1v) is 9.37. The van der Waals surface area contributed by atoms with Crippen molar-refractivity contribution in [3.63, 3.8) is 0 Å². The summed E-state index contributed by atoms with van der Waals surface area (Å²) in [6, 6.07) is 0. The first-order chi connectivity index (χ1) is 13.7. The van der Waals surface area contributed by atoms with Crippen molar-refractivity contribution in [1.82, 2.24) is 9.78 Å². The second-order valence-corrected chi connectivity index (χ2v) is 7.06. The summed E-state index contributed by atoms with van der Waals surface area (Å²) in [6.45, 7) is 5.08. The number of thiophene rings is 1. The van der Waals surface area contributed by atoms with Gasteiger partial charge in [0.15, 0.2) is 0 Å². The van der Waals surface area contributed by atoms with Crippen LogP contribution in [0.25, 0.3) is 0 Å². The van der Waals surface area contributed by atoms with E-state index < -0.39 is 28.7 Å². The highest BCUT2D eigenvalue weighted by molar-refractivity contribution is 7.18. The number of anilines is 1. The van der Waals surface area contributed by atoms with Crippen molar-refractivity contribution in [3.05, 3.63) is 38.5 Å². The Morgan fingerprint density at radius 3 is 2.62 bits per heavy atom. The summed E-state index contributed by atoms with van der Waals surface area (Å²) >= 11 is 0.919. The lowest BCUT2D eigenvalue weighted by Gasteiger charge is -2.12. The molecule has 1 amide bonds. The van der Waals surface area contributed by atoms with Crippen molar-refractivity contribution < 1.29 is 28.8 Å². The van der Waals surface area contributed by atoms with E-state index in [4.69, 9.17) is 9.47 Å². The van der Waals surface area contributed by atoms with Gasteiger partial charge in [-0.15, -0.1) is 11.3 Å². The summed E-state index contributed by atoms with van der Waals surface area (Å²) in [6.07, 6.45) is 2.31. The monoisotopic (exact) mass is 424 g/mol. The van der Waals surface area contributed by atoms with Crippen LogP contribution in [-0.4, -0.2) is 46.3 Å². The van der Waals surface area contributed by atoms with E-state index >= 15 is 0 Å². The minimum Gasteiger partial charge on any atom is -0.465 e. The number of amides is 1. The fraction of sp³-hybridized carbons (Fsp3) is 0.412. The van der Waals surface area contributed by atoms with E-state index in [2.05, 4.69) is 10.4 Å². The van der Waals surface area contributed by atoms with E-state index in [-0.39, 0.29) is 34.3 Å². The largest absolute Gasteiger partial charge is 0.465 e. The van der Waals surface area contributed by atoms with Gasteiger partial charge in [0.1, 0.15) is 22.3 Å². The molecule has 2 aromatic rings. The molecule has 2 heterocycles. The SMILES string of the molecule is CCOC(=O)c1sc(NC(=O)C(C)Cn2cc([N+](=O)[O-])cn2)c(C(=O)OC)c1C. The Balaban J connectivity index is 2.23. The van der Waals surface area contributed by atoms with Crippen LogP contribution in [0.15, 0.2) is 12.4 Å². The minimum absolute atomic E-state index is 0.0795. The fourth-order valence-electron chi connectivity index (χ4n) is 2.49. The van der Waals surface area contributed by atoms with Crippen molar-refractivity contribution in [2.75, 3.05) is 19.0 Å². The maximum absolute atomic E-state index is 12.6. The summed E-state index contributed by atoms with van der Waals surface area (Å²) in [5.41, 5.74) is 0.250. The van der Waals surface area contributed by atoms with Gasteiger partial charge in [0, 0.05) is 0 Å². The van der Waals surface area contributed by atoms with E-state index in [0.29, 0.717) is 5.56 Å². The van der Waals surface area contributed by atoms with Crippen molar-refractivity contribution in [2.24, 2.45) is 5.92 Å². The van der Waals surface area contributed by atoms with Gasteiger partial charge in [-0.1, -0.05) is 6.92 Å². The predicted octanol–water partition coefficient (Wildman–Crippen LogP) is 2.40. The molecule has 0 bridgehead atoms. The molecule has 29 heavy (non-hydrogen) atoms. The number of carbonyl (C=O) groups is 3. The first kappa shape index (κ1) is 22.0. The lowest BCUT2D eigenvalue weighted by Crippen LogP contribution is -2.25. The molecule has 156 valence electrons. The maximum Gasteiger partial charge on any atom is 0.348 e. The van der Waals surface area contributed by atoms with Gasteiger partial charge in [-0.3, -0.25) is 19.6 Å². The molecule has 1 unspecified atom stereocenters. The number of carbonyl (C=O) groups excluding carboxylic acids is 3. The Morgan fingerprint density at radius 1 is 1.38 bits per heavy atom. The number of nitro groups is 1. The Bertz CT molecular complexity index is 950. The van der Waals surface area contributed by atoms with Gasteiger partial charge in [-0.2, -0.15) is 5.10 Å². The molecule has 2 rings (SSSR count). The number of nitrogens with zero attached hydrogens (tertiary/aromatic N) is 3. The zero-order valence-electron chi connectivity index (χ0n) is 16.3. The molecule has 0 aliphatic rings. The van der Waals surface area contributed by atoms with Gasteiger partial charge < -0.3 is 14.8 Å². The van der Waals surface area contributed by atoms with Gasteiger partial charge >= 0.3 is 17.6 Å². The number of nitrogens with one attached hydrogen (secondary N) is 1. The zero-order valence-corrected chi connectivity index (χ0v) is 17.1. The fourth-order valence-corrected chi connectivity index (χ4v) is 3.58. The quantitative estimate of drug-likeness (QED) is 0.387. The molecule has 0 radical (unpaired) electrons. The zero-order chi connectivity index (χ0) is 21.7. The van der Waals surface area contributed by atoms with E-state index in [9.17, 15) is 24.5 Å². The maximum atomic E-state index is 12.6. The third-order valence-electron chi connectivity index (χ3n) is 3.97. The molecule has 0 saturated heterocycles. The molecule has 1 N–H and O–H groups in total. The molecular weight excluding hydrogens is 404 g/mol. The van der Waals surface area contributed by atoms with Crippen molar-refractivity contribution >= 4 is 39.9 Å². The van der Waals surface area contributed by atoms with Crippen molar-refractivity contribution in [1.29, 1.82) is 0 Å². The van der Waals surface area contributed by atoms with Crippen LogP contribution >= 0.6 is 11.3 Å². The second kappa shape index (κ2) is 9.28. The van der Waals surface area contributed by atoms with Crippen LogP contribution < -0.4 is 5.32 Å². The molecule has 12 heteroatoms. The van der Waals surface area contributed by atoms with E-state index in [1.807, 2.05) is 0 Å². The number of ether oxygens (including phenoxy) is 2. The van der Waals surface area contributed by atoms with E-state index in [0.717, 1.165) is 17.5 Å². The summed E-state index contributed by atoms with van der Waals surface area (Å²) in [4.78, 5) is 47.2. The average molecular weight is 424 g/mol. The highest BCUT2D eigenvalue weighted by Gasteiger charge is 2.28. The molecule has 0 aliphatic heterocycles. The number of esters is 2. The molecule has 0 fully saturated rings. The van der Waals surface area contributed by atoms with Crippen LogP contribution in [0, 0.1) is 23.0 Å². The third-order valence-corrected chi connectivity index (χ3v) is 5.16. The van der Waals surface area contributed by atoms with Gasteiger partial charge in [-0.05, 0) is 19.4 Å². The van der Waals surface area contributed by atoms with Crippen LogP contribution in [0.1, 0.15) is 39.4 Å². The van der Waals surface area contributed by atoms with Crippen LogP contribution in [-0.2, 0) is 20.8 Å². The van der Waals surface area contributed by atoms with Crippen molar-refractivity contribution in [3.8, 4) is 0 Å². The lowest BCUT2D eigenvalue weighted by atomic mass is 10.1. The summed E-state index contributed by atoms with van der Waals surface area (Å²) in [5, 5.41) is 17.4. The van der Waals surface area contributed by atoms with E-state index in [1.54, 1.807) is 20.8 Å². The summed E-state index contributed by atoms with van der Waals surface area (Å²) < 4.78 is 11.0. The van der Waals surface area contributed by atoms with Crippen molar-refractivity contribution in [2.45, 2.75) is 27.3 Å². The third kappa shape index (κ3) is 4.96. The molecule has 0 aromatic carbocycles. The molecule has 0 saturated carbocycles. The number of hydrogen-bond acceptors (Lipinski definition) is 9. The Labute approximate surface area is 169 Å². The summed E-state index contributed by atoms with van der Waals surface area (Å²) in [5.74, 6) is -2.38. The van der Waals surface area contributed by atoms with Crippen LogP contribution in [0.3, 0.4) is 0 Å². The lowest BCUT2D eigenvalue weighted by molar-refractivity contribution is -0.385. The number of aromatic nitrogens is 2. The molecule has 11 nitrogen and oxygen atoms in total. The molecule has 0 spiro atoms. The van der Waals surface area contributed by atoms with Gasteiger partial charge in [0.25, 0.3) is 0 Å². The number of rotatable bonds is 8. The van der Waals surface area contributed by atoms with E-state index in [1.165, 1.54) is 18.0 Å². The van der Waals surface area contributed by atoms with Crippen LogP contribution in [0.5, 0.6) is 0 Å². The highest BCUT2D eigenvalue weighted by atomic mass is 32.1. The second-order valence-electron chi connectivity index (χ2n) is 6.04. The Hall–Kier alpha value is -3.28. The normalized spacial score (nSPS) is 11.6. The Kier molecular flexibility index (Phi) is 7.04. The molecule has 2 aromatic heterocycles.